The van der Waals surface area contributed by atoms with Gasteiger partial charge >= 0.3 is 0 Å². The van der Waals surface area contributed by atoms with Crippen LogP contribution in [0.2, 0.25) is 0 Å². The molecule has 0 saturated carbocycles. The minimum absolute atomic E-state index is 0.252. The highest BCUT2D eigenvalue weighted by atomic mass is 32.1. The van der Waals surface area contributed by atoms with Gasteiger partial charge in [-0.2, -0.15) is 0 Å². The molecule has 0 amide bonds. The number of hydrogen-bond donors (Lipinski definition) is 1. The maximum Gasteiger partial charge on any atom is 0.0953 e. The lowest BCUT2D eigenvalue weighted by Crippen LogP contribution is -2.09. The van der Waals surface area contributed by atoms with Crippen molar-refractivity contribution in [3.63, 3.8) is 0 Å². The van der Waals surface area contributed by atoms with Crippen molar-refractivity contribution in [2.24, 2.45) is 0 Å². The predicted molar refractivity (Wildman–Crippen MR) is 85.3 cm³/mol. The highest BCUT2D eigenvalue weighted by Crippen LogP contribution is 2.32. The zero-order chi connectivity index (χ0) is 13.1. The Labute approximate surface area is 121 Å². The van der Waals surface area contributed by atoms with Gasteiger partial charge in [0.05, 0.1) is 6.04 Å². The van der Waals surface area contributed by atoms with E-state index < -0.39 is 0 Å². The molecule has 0 aliphatic carbocycles. The van der Waals surface area contributed by atoms with E-state index in [1.807, 2.05) is 0 Å². The standard InChI is InChI=1S/C16H15NS2/c1-12-5-2-6-13(11-12)17-16(14-7-3-9-18-14)15-8-4-10-19-15/h2-11,16-17H,1H3. The molecule has 1 N–H and O–H groups in total. The van der Waals surface area contributed by atoms with Crippen LogP contribution in [0.25, 0.3) is 0 Å². The molecule has 3 rings (SSSR count). The summed E-state index contributed by atoms with van der Waals surface area (Å²) in [5.41, 5.74) is 2.45. The average molecular weight is 285 g/mol. The number of rotatable bonds is 4. The summed E-state index contributed by atoms with van der Waals surface area (Å²) < 4.78 is 0. The molecule has 3 aromatic rings. The van der Waals surface area contributed by atoms with E-state index in [0.717, 1.165) is 0 Å². The molecular formula is C16H15NS2. The molecular weight excluding hydrogens is 270 g/mol. The summed E-state index contributed by atoms with van der Waals surface area (Å²) in [6.07, 6.45) is 0. The second-order valence-corrected chi connectivity index (χ2v) is 6.44. The topological polar surface area (TPSA) is 12.0 Å². The van der Waals surface area contributed by atoms with Crippen LogP contribution < -0.4 is 5.32 Å². The van der Waals surface area contributed by atoms with E-state index >= 15 is 0 Å². The Kier molecular flexibility index (Phi) is 3.67. The Balaban J connectivity index is 1.92. The van der Waals surface area contributed by atoms with Gasteiger partial charge in [-0.15, -0.1) is 22.7 Å². The number of hydrogen-bond acceptors (Lipinski definition) is 3. The molecule has 0 aliphatic rings. The van der Waals surface area contributed by atoms with Gasteiger partial charge in [0.25, 0.3) is 0 Å². The Hall–Kier alpha value is -1.58. The molecule has 0 atom stereocenters. The van der Waals surface area contributed by atoms with E-state index in [2.05, 4.69) is 71.5 Å². The van der Waals surface area contributed by atoms with Crippen molar-refractivity contribution in [1.82, 2.24) is 0 Å². The van der Waals surface area contributed by atoms with Crippen molar-refractivity contribution in [3.05, 3.63) is 74.6 Å². The Morgan fingerprint density at radius 3 is 2.11 bits per heavy atom. The van der Waals surface area contributed by atoms with Crippen molar-refractivity contribution in [2.45, 2.75) is 13.0 Å². The van der Waals surface area contributed by atoms with Gasteiger partial charge in [0.2, 0.25) is 0 Å². The van der Waals surface area contributed by atoms with Crippen LogP contribution in [-0.2, 0) is 0 Å². The molecule has 0 saturated heterocycles. The zero-order valence-corrected chi connectivity index (χ0v) is 12.3. The molecule has 96 valence electrons. The fourth-order valence-corrected chi connectivity index (χ4v) is 3.76. The van der Waals surface area contributed by atoms with Crippen molar-refractivity contribution >= 4 is 28.4 Å². The highest BCUT2D eigenvalue weighted by Gasteiger charge is 2.15. The van der Waals surface area contributed by atoms with Crippen LogP contribution in [-0.4, -0.2) is 0 Å². The summed E-state index contributed by atoms with van der Waals surface area (Å²) in [4.78, 5) is 2.70. The van der Waals surface area contributed by atoms with Crippen LogP contribution in [0.5, 0.6) is 0 Å². The number of nitrogens with one attached hydrogen (secondary N) is 1. The van der Waals surface area contributed by atoms with Crippen molar-refractivity contribution in [1.29, 1.82) is 0 Å². The lowest BCUT2D eigenvalue weighted by Gasteiger charge is -2.18. The molecule has 0 unspecified atom stereocenters. The summed E-state index contributed by atoms with van der Waals surface area (Å²) in [6, 6.07) is 17.4. The minimum Gasteiger partial charge on any atom is -0.373 e. The third-order valence-corrected chi connectivity index (χ3v) is 4.86. The fraction of sp³-hybridized carbons (Fsp3) is 0.125. The number of benzene rings is 1. The molecule has 0 aliphatic heterocycles. The molecule has 1 aromatic carbocycles. The molecule has 0 fully saturated rings. The van der Waals surface area contributed by atoms with Crippen LogP contribution in [0.4, 0.5) is 5.69 Å². The van der Waals surface area contributed by atoms with Gasteiger partial charge < -0.3 is 5.32 Å². The van der Waals surface area contributed by atoms with Crippen molar-refractivity contribution < 1.29 is 0 Å². The monoisotopic (exact) mass is 285 g/mol. The lowest BCUT2D eigenvalue weighted by molar-refractivity contribution is 0.992. The third-order valence-electron chi connectivity index (χ3n) is 2.98. The molecule has 0 radical (unpaired) electrons. The normalized spacial score (nSPS) is 10.8. The summed E-state index contributed by atoms with van der Waals surface area (Å²) in [5.74, 6) is 0. The molecule has 3 heteroatoms. The van der Waals surface area contributed by atoms with Gasteiger partial charge in [-0.1, -0.05) is 24.3 Å². The summed E-state index contributed by atoms with van der Waals surface area (Å²) in [5, 5.41) is 7.91. The molecule has 1 nitrogen and oxygen atoms in total. The van der Waals surface area contributed by atoms with E-state index in [1.54, 1.807) is 22.7 Å². The Morgan fingerprint density at radius 2 is 1.58 bits per heavy atom. The number of aryl methyl sites for hydroxylation is 1. The second-order valence-electron chi connectivity index (χ2n) is 4.48. The minimum atomic E-state index is 0.252. The average Bonchev–Trinajstić information content (AvgIpc) is 3.10. The molecule has 19 heavy (non-hydrogen) atoms. The first kappa shape index (κ1) is 12.5. The number of thiophene rings is 2. The van der Waals surface area contributed by atoms with E-state index in [0.29, 0.717) is 0 Å². The van der Waals surface area contributed by atoms with Gasteiger partial charge in [0, 0.05) is 15.4 Å². The summed E-state index contributed by atoms with van der Waals surface area (Å²) in [6.45, 7) is 2.12. The summed E-state index contributed by atoms with van der Waals surface area (Å²) in [7, 11) is 0. The number of anilines is 1. The quantitative estimate of drug-likeness (QED) is 0.684. The molecule has 0 spiro atoms. The van der Waals surface area contributed by atoms with Crippen LogP contribution in [0.3, 0.4) is 0 Å². The van der Waals surface area contributed by atoms with Gasteiger partial charge in [-0.05, 0) is 47.5 Å². The smallest absolute Gasteiger partial charge is 0.0953 e. The lowest BCUT2D eigenvalue weighted by atomic mass is 10.1. The van der Waals surface area contributed by atoms with Crippen LogP contribution in [0.1, 0.15) is 21.4 Å². The van der Waals surface area contributed by atoms with E-state index in [9.17, 15) is 0 Å². The van der Waals surface area contributed by atoms with Gasteiger partial charge in [-0.3, -0.25) is 0 Å². The van der Waals surface area contributed by atoms with Gasteiger partial charge in [-0.25, -0.2) is 0 Å². The van der Waals surface area contributed by atoms with Crippen molar-refractivity contribution in [2.75, 3.05) is 5.32 Å². The molecule has 0 bridgehead atoms. The van der Waals surface area contributed by atoms with Crippen LogP contribution in [0.15, 0.2) is 59.3 Å². The largest absolute Gasteiger partial charge is 0.373 e. The van der Waals surface area contributed by atoms with E-state index in [4.69, 9.17) is 0 Å². The van der Waals surface area contributed by atoms with E-state index in [-0.39, 0.29) is 6.04 Å². The zero-order valence-electron chi connectivity index (χ0n) is 10.7. The highest BCUT2D eigenvalue weighted by molar-refractivity contribution is 7.11. The maximum absolute atomic E-state index is 3.65. The van der Waals surface area contributed by atoms with E-state index in [1.165, 1.54) is 21.0 Å². The summed E-state index contributed by atoms with van der Waals surface area (Å²) >= 11 is 3.59. The second kappa shape index (κ2) is 5.59. The first-order valence-corrected chi connectivity index (χ1v) is 7.99. The molecule has 2 heterocycles. The maximum atomic E-state index is 3.65. The Morgan fingerprint density at radius 1 is 0.895 bits per heavy atom. The van der Waals surface area contributed by atoms with Gasteiger partial charge in [0.15, 0.2) is 0 Å². The first-order chi connectivity index (χ1) is 9.33. The van der Waals surface area contributed by atoms with Crippen LogP contribution in [0, 0.1) is 6.92 Å². The molecule has 2 aromatic heterocycles. The van der Waals surface area contributed by atoms with Gasteiger partial charge in [0.1, 0.15) is 0 Å². The SMILES string of the molecule is Cc1cccc(NC(c2cccs2)c2cccs2)c1. The van der Waals surface area contributed by atoms with Crippen LogP contribution >= 0.6 is 22.7 Å². The van der Waals surface area contributed by atoms with Crippen molar-refractivity contribution in [3.8, 4) is 0 Å². The third kappa shape index (κ3) is 2.88. The Bertz CT molecular complexity index is 592. The fourth-order valence-electron chi connectivity index (χ4n) is 2.10. The first-order valence-electron chi connectivity index (χ1n) is 6.23. The predicted octanol–water partition coefficient (Wildman–Crippen LogP) is 5.32.